The molecule has 2 saturated heterocycles. The number of amides is 1. The quantitative estimate of drug-likeness (QED) is 0.486. The third-order valence-corrected chi connectivity index (χ3v) is 8.15. The molecule has 6 atom stereocenters. The second-order valence-corrected chi connectivity index (χ2v) is 12.3. The van der Waals surface area contributed by atoms with Gasteiger partial charge >= 0.3 is 6.09 Å². The molecule has 0 radical (unpaired) electrons. The largest absolute Gasteiger partial charge is 0.444 e. The SMILES string of the molecule is CO[C@@H]1[C@@H](n2cc(-c3cccc(F)c3F)nn2)[C@@H](O)[C@@H](CO)O[C@@H]1C[C@H]1CC(C2CCN(C(=O)OC(C)(C)C)CC2)=NO1. The number of carbonyl (C=O) groups is 1. The number of rotatable bonds is 7. The first-order valence-electron chi connectivity index (χ1n) is 14.5. The van der Waals surface area contributed by atoms with E-state index in [-0.39, 0.29) is 29.4 Å². The van der Waals surface area contributed by atoms with Crippen LogP contribution in [0.4, 0.5) is 13.6 Å². The molecule has 2 N–H and O–H groups in total. The van der Waals surface area contributed by atoms with Crippen LogP contribution in [-0.2, 0) is 19.0 Å². The van der Waals surface area contributed by atoms with E-state index < -0.39 is 54.3 Å². The van der Waals surface area contributed by atoms with Gasteiger partial charge in [0, 0.05) is 44.5 Å². The van der Waals surface area contributed by atoms with Gasteiger partial charge in [0.1, 0.15) is 41.8 Å². The highest BCUT2D eigenvalue weighted by Gasteiger charge is 2.48. The molecule has 4 heterocycles. The summed E-state index contributed by atoms with van der Waals surface area (Å²) in [4.78, 5) is 19.9. The summed E-state index contributed by atoms with van der Waals surface area (Å²) in [5, 5.41) is 33.5. The van der Waals surface area contributed by atoms with Gasteiger partial charge in [-0.05, 0) is 45.7 Å². The first kappa shape index (κ1) is 31.2. The Kier molecular flexibility index (Phi) is 9.30. The first-order chi connectivity index (χ1) is 20.5. The molecule has 1 amide bonds. The fourth-order valence-electron chi connectivity index (χ4n) is 6.00. The average molecular weight is 608 g/mol. The molecule has 2 aromatic rings. The summed E-state index contributed by atoms with van der Waals surface area (Å²) < 4.78 is 46.9. The van der Waals surface area contributed by atoms with E-state index in [1.807, 2.05) is 20.8 Å². The second-order valence-electron chi connectivity index (χ2n) is 12.3. The number of aromatic nitrogens is 3. The number of hydrogen-bond acceptors (Lipinski definition) is 10. The van der Waals surface area contributed by atoms with Crippen LogP contribution in [0.2, 0.25) is 0 Å². The van der Waals surface area contributed by atoms with Crippen LogP contribution in [0.5, 0.6) is 0 Å². The standard InChI is InChI=1S/C29H39F2N5O7/c1-29(2,3)42-28(39)35-10-8-16(9-11-35)20-12-17(43-33-20)13-22-27(40-4)25(26(38)23(15-37)41-22)36-14-21(32-34-36)18-6-5-7-19(30)24(18)31/h5-7,14,16-17,22-23,25-27,37-38H,8-13,15H2,1-4H3/t17-,22-,23-,25+,26+,27+/m1/s1. The fourth-order valence-corrected chi connectivity index (χ4v) is 6.00. The minimum absolute atomic E-state index is 0.0713. The number of ether oxygens (including phenoxy) is 3. The molecule has 0 bridgehead atoms. The smallest absolute Gasteiger partial charge is 0.410 e. The number of aliphatic hydroxyl groups is 2. The van der Waals surface area contributed by atoms with Crippen molar-refractivity contribution in [3.63, 3.8) is 0 Å². The molecule has 236 valence electrons. The number of piperidine rings is 1. The summed E-state index contributed by atoms with van der Waals surface area (Å²) >= 11 is 0. The number of halogens is 2. The maximum absolute atomic E-state index is 14.4. The molecule has 3 aliphatic rings. The maximum atomic E-state index is 14.4. The third-order valence-electron chi connectivity index (χ3n) is 8.15. The molecule has 2 fully saturated rings. The molecule has 1 aromatic heterocycles. The lowest BCUT2D eigenvalue weighted by molar-refractivity contribution is -0.219. The summed E-state index contributed by atoms with van der Waals surface area (Å²) in [6.45, 7) is 6.20. The molecule has 14 heteroatoms. The van der Waals surface area contributed by atoms with Gasteiger partial charge in [-0.15, -0.1) is 5.10 Å². The predicted molar refractivity (Wildman–Crippen MR) is 149 cm³/mol. The summed E-state index contributed by atoms with van der Waals surface area (Å²) in [6.07, 6.45) is -0.384. The molecule has 0 saturated carbocycles. The van der Waals surface area contributed by atoms with E-state index in [4.69, 9.17) is 19.0 Å². The zero-order valence-corrected chi connectivity index (χ0v) is 24.7. The van der Waals surface area contributed by atoms with E-state index in [0.29, 0.717) is 25.9 Å². The molecule has 43 heavy (non-hydrogen) atoms. The van der Waals surface area contributed by atoms with Crippen LogP contribution in [0, 0.1) is 17.6 Å². The van der Waals surface area contributed by atoms with Gasteiger partial charge in [0.15, 0.2) is 11.6 Å². The number of benzene rings is 1. The van der Waals surface area contributed by atoms with Crippen molar-refractivity contribution in [1.82, 2.24) is 19.9 Å². The van der Waals surface area contributed by atoms with Gasteiger partial charge in [-0.25, -0.2) is 18.3 Å². The van der Waals surface area contributed by atoms with Gasteiger partial charge in [-0.2, -0.15) is 0 Å². The minimum Gasteiger partial charge on any atom is -0.444 e. The monoisotopic (exact) mass is 607 g/mol. The number of likely N-dealkylation sites (tertiary alicyclic amines) is 1. The molecule has 0 spiro atoms. The Balaban J connectivity index is 1.24. The van der Waals surface area contributed by atoms with Gasteiger partial charge in [0.2, 0.25) is 0 Å². The van der Waals surface area contributed by atoms with Crippen molar-refractivity contribution in [2.75, 3.05) is 26.8 Å². The Bertz CT molecular complexity index is 1310. The Hall–Kier alpha value is -3.20. The molecule has 12 nitrogen and oxygen atoms in total. The normalized spacial score (nSPS) is 28.5. The van der Waals surface area contributed by atoms with Crippen LogP contribution < -0.4 is 0 Å². The maximum Gasteiger partial charge on any atom is 0.410 e. The summed E-state index contributed by atoms with van der Waals surface area (Å²) in [5.74, 6) is -1.90. The molecule has 3 aliphatic heterocycles. The van der Waals surface area contributed by atoms with E-state index in [2.05, 4.69) is 15.5 Å². The molecular formula is C29H39F2N5O7. The number of oxime groups is 1. The zero-order valence-electron chi connectivity index (χ0n) is 24.7. The molecule has 0 unspecified atom stereocenters. The fraction of sp³-hybridized carbons (Fsp3) is 0.655. The molecule has 5 rings (SSSR count). The van der Waals surface area contributed by atoms with Gasteiger partial charge in [0.25, 0.3) is 0 Å². The third kappa shape index (κ3) is 6.82. The van der Waals surface area contributed by atoms with E-state index >= 15 is 0 Å². The zero-order chi connectivity index (χ0) is 30.9. The van der Waals surface area contributed by atoms with Crippen molar-refractivity contribution in [3.8, 4) is 11.3 Å². The highest BCUT2D eigenvalue weighted by molar-refractivity contribution is 5.88. The minimum atomic E-state index is -1.23. The lowest BCUT2D eigenvalue weighted by atomic mass is 9.86. The number of nitrogens with zero attached hydrogens (tertiary/aromatic N) is 5. The van der Waals surface area contributed by atoms with E-state index in [9.17, 15) is 23.8 Å². The molecule has 0 aliphatic carbocycles. The van der Waals surface area contributed by atoms with E-state index in [1.165, 1.54) is 30.1 Å². The van der Waals surface area contributed by atoms with Crippen LogP contribution >= 0.6 is 0 Å². The Morgan fingerprint density at radius 2 is 1.93 bits per heavy atom. The highest BCUT2D eigenvalue weighted by atomic mass is 19.2. The lowest BCUT2D eigenvalue weighted by Crippen LogP contribution is -2.57. The molecule has 1 aromatic carbocycles. The van der Waals surface area contributed by atoms with Crippen molar-refractivity contribution in [3.05, 3.63) is 36.0 Å². The summed E-state index contributed by atoms with van der Waals surface area (Å²) in [6, 6.07) is 2.92. The topological polar surface area (TPSA) is 141 Å². The van der Waals surface area contributed by atoms with Crippen LogP contribution in [0.15, 0.2) is 29.6 Å². The Labute approximate surface area is 248 Å². The van der Waals surface area contributed by atoms with Gasteiger partial charge in [-0.1, -0.05) is 16.4 Å². The van der Waals surface area contributed by atoms with E-state index in [1.54, 1.807) is 4.90 Å². The van der Waals surface area contributed by atoms with Crippen LogP contribution in [0.1, 0.15) is 52.5 Å². The lowest BCUT2D eigenvalue weighted by Gasteiger charge is -2.44. The number of carbonyl (C=O) groups excluding carboxylic acids is 1. The Morgan fingerprint density at radius 3 is 2.60 bits per heavy atom. The van der Waals surface area contributed by atoms with Gasteiger partial charge in [-0.3, -0.25) is 0 Å². The number of hydrogen-bond donors (Lipinski definition) is 2. The number of aliphatic hydroxyl groups excluding tert-OH is 2. The van der Waals surface area contributed by atoms with Gasteiger partial charge in [0.05, 0.1) is 24.6 Å². The highest BCUT2D eigenvalue weighted by Crippen LogP contribution is 2.36. The first-order valence-corrected chi connectivity index (χ1v) is 14.5. The van der Waals surface area contributed by atoms with Crippen molar-refractivity contribution in [1.29, 1.82) is 0 Å². The van der Waals surface area contributed by atoms with Gasteiger partial charge < -0.3 is 34.2 Å². The molecular weight excluding hydrogens is 568 g/mol. The van der Waals surface area contributed by atoms with Crippen molar-refractivity contribution in [2.24, 2.45) is 11.1 Å². The van der Waals surface area contributed by atoms with Crippen LogP contribution in [0.25, 0.3) is 11.3 Å². The predicted octanol–water partition coefficient (Wildman–Crippen LogP) is 3.08. The average Bonchev–Trinajstić information content (AvgIpc) is 3.64. The second kappa shape index (κ2) is 12.8. The van der Waals surface area contributed by atoms with E-state index in [0.717, 1.165) is 24.6 Å². The van der Waals surface area contributed by atoms with Crippen molar-refractivity contribution < 1.29 is 42.8 Å². The van der Waals surface area contributed by atoms with Crippen molar-refractivity contribution >= 4 is 11.8 Å². The van der Waals surface area contributed by atoms with Crippen LogP contribution in [0.3, 0.4) is 0 Å². The summed E-state index contributed by atoms with van der Waals surface area (Å²) in [5.41, 5.74) is 0.383. The number of methoxy groups -OCH3 is 1. The Morgan fingerprint density at radius 1 is 1.19 bits per heavy atom. The summed E-state index contributed by atoms with van der Waals surface area (Å²) in [7, 11) is 1.47. The van der Waals surface area contributed by atoms with Crippen molar-refractivity contribution in [2.45, 2.75) is 88.6 Å². The van der Waals surface area contributed by atoms with Crippen LogP contribution in [-0.4, -0.2) is 105 Å².